The molecule has 0 aromatic carbocycles. The van der Waals surface area contributed by atoms with Gasteiger partial charge in [-0.15, -0.1) is 11.8 Å². The van der Waals surface area contributed by atoms with Crippen LogP contribution >= 0.6 is 11.8 Å². The lowest BCUT2D eigenvalue weighted by molar-refractivity contribution is 0.156. The minimum Gasteiger partial charge on any atom is -0.378 e. The molecule has 0 radical (unpaired) electrons. The monoisotopic (exact) mass is 192 g/mol. The third-order valence-electron chi connectivity index (χ3n) is 1.48. The normalized spacial score (nSPS) is 31.1. The summed E-state index contributed by atoms with van der Waals surface area (Å²) in [4.78, 5) is 0. The summed E-state index contributed by atoms with van der Waals surface area (Å²) in [7, 11) is 0.918. The van der Waals surface area contributed by atoms with Crippen LogP contribution in [-0.4, -0.2) is 28.9 Å². The summed E-state index contributed by atoms with van der Waals surface area (Å²) >= 11 is 1.68. The maximum atomic E-state index is 11.2. The lowest BCUT2D eigenvalue weighted by atomic mass is 10.4. The van der Waals surface area contributed by atoms with Gasteiger partial charge in [0.25, 0.3) is 0 Å². The fourth-order valence-corrected chi connectivity index (χ4v) is 3.77. The van der Waals surface area contributed by atoms with Crippen molar-refractivity contribution in [2.45, 2.75) is 13.0 Å². The number of methoxy groups -OCH3 is 1. The number of hydrogen-bond donors (Lipinski definition) is 0. The molecule has 2 atom stereocenters. The number of hydrogen-bond acceptors (Lipinski definition) is 3. The Morgan fingerprint density at radius 2 is 2.55 bits per heavy atom. The van der Waals surface area contributed by atoms with Crippen LogP contribution in [0.1, 0.15) is 6.92 Å². The topological polar surface area (TPSA) is 26.3 Å². The summed E-state index contributed by atoms with van der Waals surface area (Å²) in [6.45, 7) is 1.95. The highest BCUT2D eigenvalue weighted by Crippen LogP contribution is 2.27. The Kier molecular flexibility index (Phi) is 3.62. The first-order chi connectivity index (χ1) is 5.24. The molecule has 11 heavy (non-hydrogen) atoms. The predicted molar refractivity (Wildman–Crippen MR) is 50.0 cm³/mol. The van der Waals surface area contributed by atoms with E-state index in [1.165, 1.54) is 0 Å². The second-order valence-electron chi connectivity index (χ2n) is 2.32. The standard InChI is InChI=1S/C7H12O2S2/c1-6(9-2)5-7-10-3-4-11(7)8/h5-6H,3-4H2,1-2H3/b7-5-/t6?,11-/m0/s1. The van der Waals surface area contributed by atoms with Crippen LogP contribution in [0.25, 0.3) is 0 Å². The minimum absolute atomic E-state index is 0.0829. The number of ether oxygens (including phenoxy) is 1. The van der Waals surface area contributed by atoms with Crippen molar-refractivity contribution in [3.63, 3.8) is 0 Å². The van der Waals surface area contributed by atoms with Crippen LogP contribution in [-0.2, 0) is 15.5 Å². The molecule has 1 aliphatic rings. The van der Waals surface area contributed by atoms with Crippen molar-refractivity contribution in [3.05, 3.63) is 10.3 Å². The summed E-state index contributed by atoms with van der Waals surface area (Å²) in [6.07, 6.45) is 2.02. The zero-order chi connectivity index (χ0) is 8.27. The molecule has 1 saturated heterocycles. The van der Waals surface area contributed by atoms with E-state index < -0.39 is 10.8 Å². The third-order valence-corrected chi connectivity index (χ3v) is 4.64. The molecule has 4 heteroatoms. The van der Waals surface area contributed by atoms with Gasteiger partial charge in [-0.25, -0.2) is 0 Å². The van der Waals surface area contributed by atoms with Crippen LogP contribution in [0.5, 0.6) is 0 Å². The Labute approximate surface area is 73.8 Å². The molecule has 0 amide bonds. The summed E-state index contributed by atoms with van der Waals surface area (Å²) in [5.41, 5.74) is 0. The second-order valence-corrected chi connectivity index (χ2v) is 5.26. The van der Waals surface area contributed by atoms with Crippen molar-refractivity contribution in [3.8, 4) is 0 Å². The van der Waals surface area contributed by atoms with E-state index in [4.69, 9.17) is 4.74 Å². The Morgan fingerprint density at radius 3 is 3.00 bits per heavy atom. The van der Waals surface area contributed by atoms with E-state index >= 15 is 0 Å². The van der Waals surface area contributed by atoms with Crippen LogP contribution < -0.4 is 0 Å². The van der Waals surface area contributed by atoms with Gasteiger partial charge in [-0.3, -0.25) is 4.21 Å². The first-order valence-corrected chi connectivity index (χ1v) is 5.80. The van der Waals surface area contributed by atoms with Crippen LogP contribution in [0.3, 0.4) is 0 Å². The molecule has 0 aromatic rings. The maximum Gasteiger partial charge on any atom is 0.0743 e. The predicted octanol–water partition coefficient (Wildman–Crippen LogP) is 1.36. The van der Waals surface area contributed by atoms with E-state index in [1.807, 2.05) is 13.0 Å². The average molecular weight is 192 g/mol. The molecule has 64 valence electrons. The van der Waals surface area contributed by atoms with Gasteiger partial charge in [-0.2, -0.15) is 0 Å². The van der Waals surface area contributed by atoms with Gasteiger partial charge in [0.2, 0.25) is 0 Å². The Hall–Kier alpha value is 0.200. The van der Waals surface area contributed by atoms with Crippen LogP contribution in [0.2, 0.25) is 0 Å². The SMILES string of the molecule is COC(C)/C=C1/SCC[S@@]1=O. The molecular formula is C7H12O2S2. The van der Waals surface area contributed by atoms with Crippen molar-refractivity contribution in [1.82, 2.24) is 0 Å². The minimum atomic E-state index is -0.739. The Balaban J connectivity index is 2.57. The molecule has 1 unspecified atom stereocenters. The summed E-state index contributed by atoms with van der Waals surface area (Å²) in [5, 5.41) is 0. The average Bonchev–Trinajstić information content (AvgIpc) is 2.37. The zero-order valence-corrected chi connectivity index (χ0v) is 8.33. The van der Waals surface area contributed by atoms with Crippen molar-refractivity contribution >= 4 is 22.6 Å². The van der Waals surface area contributed by atoms with Crippen LogP contribution in [0.4, 0.5) is 0 Å². The van der Waals surface area contributed by atoms with Gasteiger partial charge < -0.3 is 4.74 Å². The molecule has 2 nitrogen and oxygen atoms in total. The zero-order valence-electron chi connectivity index (χ0n) is 6.70. The second kappa shape index (κ2) is 4.28. The first kappa shape index (κ1) is 9.29. The van der Waals surface area contributed by atoms with Crippen molar-refractivity contribution in [1.29, 1.82) is 0 Å². The molecular weight excluding hydrogens is 180 g/mol. The van der Waals surface area contributed by atoms with Crippen molar-refractivity contribution < 1.29 is 8.95 Å². The van der Waals surface area contributed by atoms with E-state index in [1.54, 1.807) is 18.9 Å². The van der Waals surface area contributed by atoms with E-state index in [0.717, 1.165) is 15.7 Å². The van der Waals surface area contributed by atoms with Gasteiger partial charge in [0, 0.05) is 18.6 Å². The van der Waals surface area contributed by atoms with Gasteiger partial charge in [-0.1, -0.05) is 0 Å². The highest BCUT2D eigenvalue weighted by atomic mass is 32.2. The summed E-state index contributed by atoms with van der Waals surface area (Å²) in [6, 6.07) is 0. The van der Waals surface area contributed by atoms with Gasteiger partial charge in [0.15, 0.2) is 0 Å². The molecule has 1 fully saturated rings. The van der Waals surface area contributed by atoms with E-state index in [9.17, 15) is 4.21 Å². The molecule has 1 rings (SSSR count). The fourth-order valence-electron chi connectivity index (χ4n) is 0.768. The van der Waals surface area contributed by atoms with E-state index in [0.29, 0.717) is 0 Å². The molecule has 0 saturated carbocycles. The summed E-state index contributed by atoms with van der Waals surface area (Å²) in [5.74, 6) is 1.78. The quantitative estimate of drug-likeness (QED) is 0.661. The fraction of sp³-hybridized carbons (Fsp3) is 0.714. The highest BCUT2D eigenvalue weighted by molar-refractivity contribution is 8.19. The molecule has 0 aromatic heterocycles. The van der Waals surface area contributed by atoms with Gasteiger partial charge in [0.1, 0.15) is 0 Å². The molecule has 0 N–H and O–H groups in total. The first-order valence-electron chi connectivity index (χ1n) is 3.50. The largest absolute Gasteiger partial charge is 0.378 e. The summed E-state index contributed by atoms with van der Waals surface area (Å²) < 4.78 is 17.2. The lowest BCUT2D eigenvalue weighted by Crippen LogP contribution is -2.01. The van der Waals surface area contributed by atoms with Gasteiger partial charge >= 0.3 is 0 Å². The lowest BCUT2D eigenvalue weighted by Gasteiger charge is -2.02. The molecule has 0 aliphatic carbocycles. The molecule has 1 aliphatic heterocycles. The molecule has 0 spiro atoms. The number of thioether (sulfide) groups is 1. The smallest absolute Gasteiger partial charge is 0.0743 e. The van der Waals surface area contributed by atoms with Crippen LogP contribution in [0.15, 0.2) is 10.3 Å². The Morgan fingerprint density at radius 1 is 1.82 bits per heavy atom. The number of rotatable bonds is 2. The van der Waals surface area contributed by atoms with Crippen molar-refractivity contribution in [2.24, 2.45) is 0 Å². The van der Waals surface area contributed by atoms with Gasteiger partial charge in [-0.05, 0) is 13.0 Å². The van der Waals surface area contributed by atoms with Gasteiger partial charge in [0.05, 0.1) is 21.1 Å². The van der Waals surface area contributed by atoms with E-state index in [2.05, 4.69) is 0 Å². The van der Waals surface area contributed by atoms with Crippen molar-refractivity contribution in [2.75, 3.05) is 18.6 Å². The molecule has 1 heterocycles. The Bertz CT molecular complexity index is 189. The highest BCUT2D eigenvalue weighted by Gasteiger charge is 2.16. The van der Waals surface area contributed by atoms with Crippen LogP contribution in [0, 0.1) is 0 Å². The van der Waals surface area contributed by atoms with E-state index in [-0.39, 0.29) is 6.10 Å². The maximum absolute atomic E-state index is 11.2. The molecule has 0 bridgehead atoms. The third kappa shape index (κ3) is 2.61.